The Balaban J connectivity index is 1.62. The molecule has 1 unspecified atom stereocenters. The molecule has 0 saturated heterocycles. The lowest BCUT2D eigenvalue weighted by Crippen LogP contribution is -2.48. The van der Waals surface area contributed by atoms with Crippen LogP contribution in [0.25, 0.3) is 5.82 Å². The molecule has 0 spiro atoms. The number of amides is 3. The van der Waals surface area contributed by atoms with Gasteiger partial charge >= 0.3 is 6.03 Å². The van der Waals surface area contributed by atoms with Gasteiger partial charge in [-0.15, -0.1) is 0 Å². The van der Waals surface area contributed by atoms with E-state index in [2.05, 4.69) is 26.0 Å². The summed E-state index contributed by atoms with van der Waals surface area (Å²) in [4.78, 5) is 29.2. The van der Waals surface area contributed by atoms with Crippen LogP contribution < -0.4 is 16.0 Å². The van der Waals surface area contributed by atoms with Crippen molar-refractivity contribution in [2.24, 2.45) is 5.92 Å². The van der Waals surface area contributed by atoms with Crippen molar-refractivity contribution in [2.45, 2.75) is 19.9 Å². The average molecular weight is 378 g/mol. The lowest BCUT2D eigenvalue weighted by Gasteiger charge is -2.22. The van der Waals surface area contributed by atoms with Gasteiger partial charge in [0, 0.05) is 18.1 Å². The van der Waals surface area contributed by atoms with Crippen LogP contribution in [-0.2, 0) is 4.79 Å². The zero-order chi connectivity index (χ0) is 19.9. The van der Waals surface area contributed by atoms with Crippen molar-refractivity contribution >= 4 is 23.3 Å². The molecule has 0 aliphatic carbocycles. The number of anilines is 2. The number of aromatic nitrogens is 3. The number of benzene rings is 1. The van der Waals surface area contributed by atoms with Crippen molar-refractivity contribution < 1.29 is 9.59 Å². The number of hydrogen-bond donors (Lipinski definition) is 3. The van der Waals surface area contributed by atoms with E-state index in [4.69, 9.17) is 0 Å². The summed E-state index contributed by atoms with van der Waals surface area (Å²) in [5.41, 5.74) is 1.19. The summed E-state index contributed by atoms with van der Waals surface area (Å²) < 4.78 is 1.62. The fourth-order valence-electron chi connectivity index (χ4n) is 2.58. The van der Waals surface area contributed by atoms with Gasteiger partial charge in [-0.25, -0.2) is 14.5 Å². The van der Waals surface area contributed by atoms with Gasteiger partial charge in [0.2, 0.25) is 5.91 Å². The Morgan fingerprint density at radius 3 is 2.36 bits per heavy atom. The molecule has 3 N–H and O–H groups in total. The van der Waals surface area contributed by atoms with Gasteiger partial charge in [-0.05, 0) is 36.2 Å². The maximum absolute atomic E-state index is 12.7. The number of rotatable bonds is 6. The van der Waals surface area contributed by atoms with Crippen molar-refractivity contribution in [1.82, 2.24) is 20.1 Å². The molecule has 2 heterocycles. The summed E-state index contributed by atoms with van der Waals surface area (Å²) in [5.74, 6) is 0.230. The SMILES string of the molecule is CC(C)C(NC(=O)Nc1ccccc1)C(=O)Nc1ccc(-n2cccn2)nc1. The molecular weight excluding hydrogens is 356 g/mol. The first-order valence-electron chi connectivity index (χ1n) is 8.92. The molecule has 3 rings (SSSR count). The van der Waals surface area contributed by atoms with E-state index >= 15 is 0 Å². The highest BCUT2D eigenvalue weighted by atomic mass is 16.2. The van der Waals surface area contributed by atoms with Crippen LogP contribution in [0.1, 0.15) is 13.8 Å². The average Bonchev–Trinajstić information content (AvgIpc) is 3.22. The summed E-state index contributed by atoms with van der Waals surface area (Å²) >= 11 is 0. The second-order valence-corrected chi connectivity index (χ2v) is 6.53. The summed E-state index contributed by atoms with van der Waals surface area (Å²) in [5, 5.41) is 12.3. The van der Waals surface area contributed by atoms with E-state index in [-0.39, 0.29) is 11.8 Å². The van der Waals surface area contributed by atoms with Crippen LogP contribution in [-0.4, -0.2) is 32.7 Å². The van der Waals surface area contributed by atoms with Crippen LogP contribution in [0.4, 0.5) is 16.2 Å². The summed E-state index contributed by atoms with van der Waals surface area (Å²) in [6.07, 6.45) is 5.00. The smallest absolute Gasteiger partial charge is 0.319 e. The lowest BCUT2D eigenvalue weighted by molar-refractivity contribution is -0.118. The first-order valence-corrected chi connectivity index (χ1v) is 8.92. The predicted octanol–water partition coefficient (Wildman–Crippen LogP) is 3.05. The third kappa shape index (κ3) is 4.94. The number of carbonyl (C=O) groups excluding carboxylic acids is 2. The molecule has 0 aliphatic rings. The van der Waals surface area contributed by atoms with Crippen molar-refractivity contribution in [2.75, 3.05) is 10.6 Å². The van der Waals surface area contributed by atoms with E-state index in [1.54, 1.807) is 53.6 Å². The molecule has 0 fully saturated rings. The first-order chi connectivity index (χ1) is 13.5. The highest BCUT2D eigenvalue weighted by molar-refractivity contribution is 5.99. The van der Waals surface area contributed by atoms with Crippen LogP contribution in [0.15, 0.2) is 67.1 Å². The Kier molecular flexibility index (Phi) is 6.01. The molecule has 28 heavy (non-hydrogen) atoms. The Morgan fingerprint density at radius 1 is 0.964 bits per heavy atom. The molecule has 3 amide bonds. The number of hydrogen-bond acceptors (Lipinski definition) is 4. The normalized spacial score (nSPS) is 11.7. The summed E-state index contributed by atoms with van der Waals surface area (Å²) in [7, 11) is 0. The molecule has 0 saturated carbocycles. The highest BCUT2D eigenvalue weighted by Gasteiger charge is 2.24. The van der Waals surface area contributed by atoms with Crippen LogP contribution in [0, 0.1) is 5.92 Å². The Morgan fingerprint density at radius 2 is 1.75 bits per heavy atom. The number of urea groups is 1. The quantitative estimate of drug-likeness (QED) is 0.614. The molecule has 8 heteroatoms. The fourth-order valence-corrected chi connectivity index (χ4v) is 2.58. The van der Waals surface area contributed by atoms with E-state index in [0.717, 1.165) is 0 Å². The third-order valence-electron chi connectivity index (χ3n) is 4.02. The molecule has 3 aromatic rings. The second kappa shape index (κ2) is 8.81. The number of para-hydroxylation sites is 1. The standard InChI is InChI=1S/C20H22N6O2/c1-14(2)18(25-20(28)24-15-7-4-3-5-8-15)19(27)23-16-9-10-17(21-13-16)26-12-6-11-22-26/h3-14,18H,1-2H3,(H,23,27)(H2,24,25,28). The van der Waals surface area contributed by atoms with Gasteiger partial charge in [0.25, 0.3) is 0 Å². The molecule has 2 aromatic heterocycles. The summed E-state index contributed by atoms with van der Waals surface area (Å²) in [6.45, 7) is 3.73. The van der Waals surface area contributed by atoms with E-state index < -0.39 is 12.1 Å². The number of pyridine rings is 1. The number of nitrogens with zero attached hydrogens (tertiary/aromatic N) is 3. The minimum atomic E-state index is -0.700. The second-order valence-electron chi connectivity index (χ2n) is 6.53. The molecule has 144 valence electrons. The van der Waals surface area contributed by atoms with Gasteiger partial charge in [0.15, 0.2) is 5.82 Å². The van der Waals surface area contributed by atoms with E-state index in [0.29, 0.717) is 17.2 Å². The van der Waals surface area contributed by atoms with Crippen molar-refractivity contribution in [1.29, 1.82) is 0 Å². The van der Waals surface area contributed by atoms with Gasteiger partial charge in [-0.3, -0.25) is 4.79 Å². The molecule has 0 radical (unpaired) electrons. The van der Waals surface area contributed by atoms with Gasteiger partial charge in [-0.2, -0.15) is 5.10 Å². The third-order valence-corrected chi connectivity index (χ3v) is 4.02. The van der Waals surface area contributed by atoms with Crippen LogP contribution in [0.2, 0.25) is 0 Å². The van der Waals surface area contributed by atoms with E-state index in [1.165, 1.54) is 0 Å². The van der Waals surface area contributed by atoms with Crippen LogP contribution in [0.3, 0.4) is 0 Å². The van der Waals surface area contributed by atoms with Gasteiger partial charge in [0.1, 0.15) is 6.04 Å². The van der Waals surface area contributed by atoms with Crippen molar-refractivity contribution in [3.8, 4) is 5.82 Å². The van der Waals surface area contributed by atoms with Gasteiger partial charge < -0.3 is 16.0 Å². The Bertz CT molecular complexity index is 908. The fraction of sp³-hybridized carbons (Fsp3) is 0.200. The molecule has 0 bridgehead atoms. The number of nitrogens with one attached hydrogen (secondary N) is 3. The monoisotopic (exact) mass is 378 g/mol. The molecule has 0 aliphatic heterocycles. The number of carbonyl (C=O) groups is 2. The van der Waals surface area contributed by atoms with Crippen molar-refractivity contribution in [3.05, 3.63) is 67.1 Å². The van der Waals surface area contributed by atoms with E-state index in [1.807, 2.05) is 32.0 Å². The molecule has 1 aromatic carbocycles. The van der Waals surface area contributed by atoms with Gasteiger partial charge in [-0.1, -0.05) is 32.0 Å². The zero-order valence-electron chi connectivity index (χ0n) is 15.7. The maximum atomic E-state index is 12.7. The lowest BCUT2D eigenvalue weighted by atomic mass is 10.0. The molecule has 8 nitrogen and oxygen atoms in total. The predicted molar refractivity (Wildman–Crippen MR) is 107 cm³/mol. The summed E-state index contributed by atoms with van der Waals surface area (Å²) in [6, 6.07) is 13.2. The maximum Gasteiger partial charge on any atom is 0.319 e. The van der Waals surface area contributed by atoms with Gasteiger partial charge in [0.05, 0.1) is 11.9 Å². The topological polar surface area (TPSA) is 101 Å². The van der Waals surface area contributed by atoms with Crippen LogP contribution >= 0.6 is 0 Å². The zero-order valence-corrected chi connectivity index (χ0v) is 15.7. The first kappa shape index (κ1) is 19.1. The van der Waals surface area contributed by atoms with Crippen molar-refractivity contribution in [3.63, 3.8) is 0 Å². The van der Waals surface area contributed by atoms with Crippen LogP contribution in [0.5, 0.6) is 0 Å². The molecule has 1 atom stereocenters. The Hall–Kier alpha value is -3.68. The largest absolute Gasteiger partial charge is 0.326 e. The Labute approximate surface area is 163 Å². The molecular formula is C20H22N6O2. The minimum Gasteiger partial charge on any atom is -0.326 e. The minimum absolute atomic E-state index is 0.0992. The highest BCUT2D eigenvalue weighted by Crippen LogP contribution is 2.12. The van der Waals surface area contributed by atoms with E-state index in [9.17, 15) is 9.59 Å².